The van der Waals surface area contributed by atoms with E-state index in [2.05, 4.69) is 0 Å². The Hall–Kier alpha value is -2.10. The van der Waals surface area contributed by atoms with Gasteiger partial charge in [0.25, 0.3) is 0 Å². The Balaban J connectivity index is 1.68. The van der Waals surface area contributed by atoms with E-state index in [0.29, 0.717) is 5.75 Å². The Morgan fingerprint density at radius 1 is 1.35 bits per heavy atom. The number of nitrogens with zero attached hydrogens (tertiary/aromatic N) is 1. The second-order valence-corrected chi connectivity index (χ2v) is 8.77. The van der Waals surface area contributed by atoms with Crippen molar-refractivity contribution < 1.29 is 24.2 Å². The van der Waals surface area contributed by atoms with Crippen molar-refractivity contribution in [2.24, 2.45) is 11.5 Å². The summed E-state index contributed by atoms with van der Waals surface area (Å²) in [6, 6.07) is 4.22. The van der Waals surface area contributed by atoms with Gasteiger partial charge in [-0.2, -0.15) is 0 Å². The van der Waals surface area contributed by atoms with Gasteiger partial charge >= 0.3 is 11.9 Å². The van der Waals surface area contributed by atoms with E-state index in [1.165, 1.54) is 16.7 Å². The fourth-order valence-electron chi connectivity index (χ4n) is 3.23. The fourth-order valence-corrected chi connectivity index (χ4v) is 4.79. The maximum Gasteiger partial charge on any atom is 0.335 e. The summed E-state index contributed by atoms with van der Waals surface area (Å²) in [5, 5.41) is 8.64. The minimum absolute atomic E-state index is 0.178. The van der Waals surface area contributed by atoms with Crippen LogP contribution in [0.25, 0.3) is 0 Å². The Labute approximate surface area is 154 Å². The van der Waals surface area contributed by atoms with Crippen LogP contribution >= 0.6 is 11.8 Å². The summed E-state index contributed by atoms with van der Waals surface area (Å²) < 4.78 is 4.94. The first kappa shape index (κ1) is 18.7. The summed E-state index contributed by atoms with van der Waals surface area (Å²) in [6.45, 7) is 3.77. The van der Waals surface area contributed by atoms with Crippen molar-refractivity contribution in [1.29, 1.82) is 0 Å². The monoisotopic (exact) mass is 379 g/mol. The number of esters is 1. The average Bonchev–Trinajstić information content (AvgIpc) is 2.84. The van der Waals surface area contributed by atoms with Crippen molar-refractivity contribution in [3.8, 4) is 5.75 Å². The van der Waals surface area contributed by atoms with E-state index in [0.717, 1.165) is 5.56 Å². The van der Waals surface area contributed by atoms with Gasteiger partial charge in [0.05, 0.1) is 0 Å². The number of carboxylic acids is 1. The molecule has 4 atom stereocenters. The minimum Gasteiger partial charge on any atom is -0.480 e. The normalized spacial score (nSPS) is 27.5. The molecule has 8 nitrogen and oxygen atoms in total. The number of carbonyl (C=O) groups excluding carboxylic acids is 2. The zero-order chi connectivity index (χ0) is 19.2. The van der Waals surface area contributed by atoms with Crippen LogP contribution in [-0.2, 0) is 20.8 Å². The highest BCUT2D eigenvalue weighted by Crippen LogP contribution is 2.50. The van der Waals surface area contributed by atoms with Gasteiger partial charge < -0.3 is 26.2 Å². The van der Waals surface area contributed by atoms with E-state index in [1.54, 1.807) is 24.3 Å². The van der Waals surface area contributed by atoms with Crippen molar-refractivity contribution in [1.82, 2.24) is 4.90 Å². The lowest BCUT2D eigenvalue weighted by Gasteiger charge is -2.41. The summed E-state index contributed by atoms with van der Waals surface area (Å²) in [6.07, 6.45) is 0.178. The van der Waals surface area contributed by atoms with Gasteiger partial charge in [0.15, 0.2) is 0 Å². The van der Waals surface area contributed by atoms with Gasteiger partial charge in [-0.1, -0.05) is 12.1 Å². The lowest BCUT2D eigenvalue weighted by molar-refractivity contribution is -0.157. The van der Waals surface area contributed by atoms with Gasteiger partial charge in [0.2, 0.25) is 5.91 Å². The summed E-state index contributed by atoms with van der Waals surface area (Å²) in [5.74, 6) is -1.51. The molecule has 26 heavy (non-hydrogen) atoms. The van der Waals surface area contributed by atoms with Gasteiger partial charge in [-0.3, -0.25) is 9.59 Å². The Kier molecular flexibility index (Phi) is 4.72. The highest BCUT2D eigenvalue weighted by Gasteiger charge is 2.63. The number of carbonyl (C=O) groups is 3. The van der Waals surface area contributed by atoms with Gasteiger partial charge in [-0.15, -0.1) is 11.8 Å². The molecule has 9 heteroatoms. The molecule has 5 N–H and O–H groups in total. The smallest absolute Gasteiger partial charge is 0.335 e. The van der Waals surface area contributed by atoms with Crippen molar-refractivity contribution in [3.63, 3.8) is 0 Å². The maximum atomic E-state index is 12.7. The van der Waals surface area contributed by atoms with Crippen LogP contribution in [-0.4, -0.2) is 56.1 Å². The molecule has 0 spiro atoms. The van der Waals surface area contributed by atoms with Crippen LogP contribution < -0.4 is 16.2 Å². The molecule has 3 rings (SSSR count). The number of fused-ring (bicyclic) bond motifs is 1. The molecule has 0 saturated carbocycles. The van der Waals surface area contributed by atoms with Gasteiger partial charge in [0, 0.05) is 4.75 Å². The molecule has 2 heterocycles. The molecule has 2 aliphatic rings. The molecule has 0 unspecified atom stereocenters. The number of nitrogens with two attached hydrogens (primary N) is 2. The predicted octanol–water partition coefficient (Wildman–Crippen LogP) is -0.0640. The average molecular weight is 379 g/mol. The van der Waals surface area contributed by atoms with E-state index in [4.69, 9.17) is 21.3 Å². The molecule has 1 aromatic rings. The third-order valence-electron chi connectivity index (χ3n) is 4.62. The number of carboxylic acid groups (broad SMARTS) is 1. The number of thioether (sulfide) groups is 1. The standard InChI is InChI=1S/C17H21N3O5S/c1-17(2)12(20-13(21)11(19)14(20)26-17)16(24)25-9-5-3-8(4-6-9)7-10(18)15(22)23/h3-6,10-12,14H,7,18-19H2,1-2H3,(H,22,23)/t10-,11+,12-,14+/m0/s1. The van der Waals surface area contributed by atoms with Crippen molar-refractivity contribution in [3.05, 3.63) is 29.8 Å². The van der Waals surface area contributed by atoms with Crippen molar-refractivity contribution >= 4 is 29.6 Å². The number of β-lactam (4-membered cyclic amide) rings is 1. The van der Waals surface area contributed by atoms with Crippen LogP contribution in [0.1, 0.15) is 19.4 Å². The fraction of sp³-hybridized carbons (Fsp3) is 0.471. The van der Waals surface area contributed by atoms with Gasteiger partial charge in [-0.25, -0.2) is 4.79 Å². The Morgan fingerprint density at radius 2 is 1.96 bits per heavy atom. The molecule has 0 bridgehead atoms. The number of ether oxygens (including phenoxy) is 1. The minimum atomic E-state index is -1.08. The third-order valence-corrected chi connectivity index (χ3v) is 6.21. The van der Waals surface area contributed by atoms with Gasteiger partial charge in [0.1, 0.15) is 29.2 Å². The molecule has 2 fully saturated rings. The highest BCUT2D eigenvalue weighted by molar-refractivity contribution is 8.01. The number of rotatable bonds is 5. The van der Waals surface area contributed by atoms with E-state index >= 15 is 0 Å². The second kappa shape index (κ2) is 6.57. The number of amides is 1. The number of benzene rings is 1. The summed E-state index contributed by atoms with van der Waals surface area (Å²) >= 11 is 1.50. The quantitative estimate of drug-likeness (QED) is 0.368. The summed E-state index contributed by atoms with van der Waals surface area (Å²) in [5.41, 5.74) is 12.0. The molecule has 0 aromatic heterocycles. The van der Waals surface area contributed by atoms with Crippen molar-refractivity contribution in [2.75, 3.05) is 0 Å². The van der Waals surface area contributed by atoms with Crippen LogP contribution in [0, 0.1) is 0 Å². The maximum absolute atomic E-state index is 12.7. The molecule has 0 aliphatic carbocycles. The first-order valence-electron chi connectivity index (χ1n) is 8.16. The van der Waals surface area contributed by atoms with Crippen LogP contribution in [0.2, 0.25) is 0 Å². The Bertz CT molecular complexity index is 751. The number of hydrogen-bond donors (Lipinski definition) is 3. The zero-order valence-electron chi connectivity index (χ0n) is 14.4. The van der Waals surface area contributed by atoms with Gasteiger partial charge in [-0.05, 0) is 38.0 Å². The van der Waals surface area contributed by atoms with E-state index in [1.807, 2.05) is 13.8 Å². The van der Waals surface area contributed by atoms with Crippen LogP contribution in [0.4, 0.5) is 0 Å². The van der Waals surface area contributed by atoms with Crippen LogP contribution in [0.15, 0.2) is 24.3 Å². The second-order valence-electron chi connectivity index (χ2n) is 7.00. The molecular formula is C17H21N3O5S. The number of aliphatic carboxylic acids is 1. The molecule has 1 aromatic carbocycles. The first-order chi connectivity index (χ1) is 12.1. The van der Waals surface area contributed by atoms with E-state index in [9.17, 15) is 14.4 Å². The molecule has 1 amide bonds. The van der Waals surface area contributed by atoms with Crippen molar-refractivity contribution in [2.45, 2.75) is 48.5 Å². The molecule has 0 radical (unpaired) electrons. The largest absolute Gasteiger partial charge is 0.480 e. The van der Waals surface area contributed by atoms with Crippen LogP contribution in [0.3, 0.4) is 0 Å². The third kappa shape index (κ3) is 3.17. The first-order valence-corrected chi connectivity index (χ1v) is 9.04. The lowest BCUT2D eigenvalue weighted by Crippen LogP contribution is -2.69. The molecule has 2 saturated heterocycles. The predicted molar refractivity (Wildman–Crippen MR) is 95.5 cm³/mol. The molecule has 2 aliphatic heterocycles. The zero-order valence-corrected chi connectivity index (χ0v) is 15.2. The number of hydrogen-bond acceptors (Lipinski definition) is 7. The van der Waals surface area contributed by atoms with E-state index in [-0.39, 0.29) is 17.7 Å². The topological polar surface area (TPSA) is 136 Å². The SMILES string of the molecule is CC1(C)S[C@@H]2[C@H](N)C(=O)N2[C@H]1C(=O)Oc1ccc(C[C@H](N)C(=O)O)cc1. The molecular weight excluding hydrogens is 358 g/mol. The van der Waals surface area contributed by atoms with Crippen LogP contribution in [0.5, 0.6) is 5.75 Å². The lowest BCUT2D eigenvalue weighted by atomic mass is 9.96. The summed E-state index contributed by atoms with van der Waals surface area (Å²) in [7, 11) is 0. The molecule has 140 valence electrons. The van der Waals surface area contributed by atoms with E-state index < -0.39 is 34.8 Å². The summed E-state index contributed by atoms with van der Waals surface area (Å²) in [4.78, 5) is 37.0. The Morgan fingerprint density at radius 3 is 2.54 bits per heavy atom. The highest BCUT2D eigenvalue weighted by atomic mass is 32.2.